The second-order valence-corrected chi connectivity index (χ2v) is 6.74. The van der Waals surface area contributed by atoms with E-state index in [1.165, 1.54) is 23.5 Å². The number of sulfonamides is 1. The Kier molecular flexibility index (Phi) is 4.60. The van der Waals surface area contributed by atoms with E-state index in [1.54, 1.807) is 0 Å². The van der Waals surface area contributed by atoms with Crippen LogP contribution in [0, 0.1) is 5.82 Å². The van der Waals surface area contributed by atoms with Crippen LogP contribution in [-0.4, -0.2) is 52.0 Å². The lowest BCUT2D eigenvalue weighted by atomic mass is 10.2. The number of halogens is 1. The summed E-state index contributed by atoms with van der Waals surface area (Å²) in [6.45, 7) is 1.25. The van der Waals surface area contributed by atoms with Crippen molar-refractivity contribution in [2.24, 2.45) is 0 Å². The number of nitrogens with one attached hydrogen (secondary N) is 1. The lowest BCUT2D eigenvalue weighted by Crippen LogP contribution is -2.39. The molecule has 1 aromatic rings. The van der Waals surface area contributed by atoms with E-state index < -0.39 is 27.4 Å². The molecule has 2 rings (SSSR count). The third-order valence-electron chi connectivity index (χ3n) is 3.57. The molecule has 0 radical (unpaired) electrons. The molecule has 6 nitrogen and oxygen atoms in total. The highest BCUT2D eigenvalue weighted by atomic mass is 32.2. The zero-order chi connectivity index (χ0) is 15.6. The standard InChI is InChI=1S/C13H17FN2O4S/c1-16(9-6-7-15-8-9)21(18,19)11-5-3-4-10(14)12(11)13(17)20-2/h3-5,9,15H,6-8H2,1-2H3. The minimum Gasteiger partial charge on any atom is -0.465 e. The van der Waals surface area contributed by atoms with Gasteiger partial charge in [-0.2, -0.15) is 4.31 Å². The third kappa shape index (κ3) is 2.92. The Morgan fingerprint density at radius 3 is 2.76 bits per heavy atom. The van der Waals surface area contributed by atoms with E-state index in [1.807, 2.05) is 0 Å². The van der Waals surface area contributed by atoms with Gasteiger partial charge in [0.25, 0.3) is 0 Å². The normalized spacial score (nSPS) is 19.0. The van der Waals surface area contributed by atoms with Crippen molar-refractivity contribution in [3.63, 3.8) is 0 Å². The molecule has 1 aliphatic heterocycles. The monoisotopic (exact) mass is 316 g/mol. The van der Waals surface area contributed by atoms with Crippen LogP contribution >= 0.6 is 0 Å². The number of carbonyl (C=O) groups is 1. The Morgan fingerprint density at radius 1 is 1.48 bits per heavy atom. The Morgan fingerprint density at radius 2 is 2.19 bits per heavy atom. The van der Waals surface area contributed by atoms with Gasteiger partial charge in [-0.15, -0.1) is 0 Å². The summed E-state index contributed by atoms with van der Waals surface area (Å²) in [7, 11) is -1.47. The fourth-order valence-corrected chi connectivity index (χ4v) is 3.89. The molecular formula is C13H17FN2O4S. The van der Waals surface area contributed by atoms with Gasteiger partial charge in [-0.3, -0.25) is 0 Å². The van der Waals surface area contributed by atoms with Crippen molar-refractivity contribution in [2.45, 2.75) is 17.4 Å². The predicted molar refractivity (Wildman–Crippen MR) is 74.0 cm³/mol. The molecule has 0 bridgehead atoms. The zero-order valence-corrected chi connectivity index (χ0v) is 12.6. The minimum absolute atomic E-state index is 0.219. The van der Waals surface area contributed by atoms with Crippen LogP contribution < -0.4 is 5.32 Å². The zero-order valence-electron chi connectivity index (χ0n) is 11.8. The minimum atomic E-state index is -3.98. The van der Waals surface area contributed by atoms with E-state index in [0.717, 1.165) is 19.7 Å². The molecule has 116 valence electrons. The van der Waals surface area contributed by atoms with Crippen molar-refractivity contribution < 1.29 is 22.3 Å². The van der Waals surface area contributed by atoms with E-state index in [-0.39, 0.29) is 10.9 Å². The van der Waals surface area contributed by atoms with E-state index >= 15 is 0 Å². The van der Waals surface area contributed by atoms with Crippen LogP contribution in [0.15, 0.2) is 23.1 Å². The summed E-state index contributed by atoms with van der Waals surface area (Å²) in [6, 6.07) is 3.28. The van der Waals surface area contributed by atoms with Crippen molar-refractivity contribution >= 4 is 16.0 Å². The first-order valence-corrected chi connectivity index (χ1v) is 7.89. The van der Waals surface area contributed by atoms with Crippen LogP contribution in [0.4, 0.5) is 4.39 Å². The molecule has 1 saturated heterocycles. The van der Waals surface area contributed by atoms with Gasteiger partial charge in [0.2, 0.25) is 10.0 Å². The molecule has 0 aliphatic carbocycles. The summed E-state index contributed by atoms with van der Waals surface area (Å²) in [6.07, 6.45) is 0.665. The van der Waals surface area contributed by atoms with Crippen molar-refractivity contribution in [3.8, 4) is 0 Å². The highest BCUT2D eigenvalue weighted by Crippen LogP contribution is 2.25. The van der Waals surface area contributed by atoms with Crippen molar-refractivity contribution in [1.82, 2.24) is 9.62 Å². The number of nitrogens with zero attached hydrogens (tertiary/aromatic N) is 1. The van der Waals surface area contributed by atoms with Crippen LogP contribution in [0.25, 0.3) is 0 Å². The molecule has 1 fully saturated rings. The van der Waals surface area contributed by atoms with Gasteiger partial charge in [0.05, 0.1) is 12.0 Å². The van der Waals surface area contributed by atoms with Gasteiger partial charge < -0.3 is 10.1 Å². The molecule has 1 atom stereocenters. The largest absolute Gasteiger partial charge is 0.465 e. The first kappa shape index (κ1) is 15.9. The van der Waals surface area contributed by atoms with Gasteiger partial charge in [0.1, 0.15) is 11.4 Å². The molecule has 1 N–H and O–H groups in total. The van der Waals surface area contributed by atoms with E-state index in [4.69, 9.17) is 0 Å². The molecule has 1 heterocycles. The van der Waals surface area contributed by atoms with Gasteiger partial charge in [0, 0.05) is 19.6 Å². The third-order valence-corrected chi connectivity index (χ3v) is 5.52. The topological polar surface area (TPSA) is 75.7 Å². The number of rotatable bonds is 4. The highest BCUT2D eigenvalue weighted by molar-refractivity contribution is 7.89. The quantitative estimate of drug-likeness (QED) is 0.823. The Bertz CT molecular complexity index is 642. The van der Waals surface area contributed by atoms with E-state index in [2.05, 4.69) is 10.1 Å². The van der Waals surface area contributed by atoms with Crippen LogP contribution in [0.2, 0.25) is 0 Å². The molecule has 0 amide bonds. The fraction of sp³-hybridized carbons (Fsp3) is 0.462. The van der Waals surface area contributed by atoms with E-state index in [0.29, 0.717) is 13.0 Å². The van der Waals surface area contributed by atoms with E-state index in [9.17, 15) is 17.6 Å². The summed E-state index contributed by atoms with van der Waals surface area (Å²) in [5.41, 5.74) is -0.558. The number of likely N-dealkylation sites (N-methyl/N-ethyl adjacent to an activating group) is 1. The van der Waals surface area contributed by atoms with Gasteiger partial charge in [-0.25, -0.2) is 17.6 Å². The number of hydrogen-bond donors (Lipinski definition) is 1. The molecular weight excluding hydrogens is 299 g/mol. The van der Waals surface area contributed by atoms with Gasteiger partial charge in [0.15, 0.2) is 0 Å². The smallest absolute Gasteiger partial charge is 0.342 e. The summed E-state index contributed by atoms with van der Waals surface area (Å²) in [5, 5.41) is 3.06. The van der Waals surface area contributed by atoms with Crippen LogP contribution in [0.5, 0.6) is 0 Å². The number of methoxy groups -OCH3 is 1. The number of carbonyl (C=O) groups excluding carboxylic acids is 1. The first-order valence-electron chi connectivity index (χ1n) is 6.45. The summed E-state index contributed by atoms with van der Waals surface area (Å²) < 4.78 is 44.8. The van der Waals surface area contributed by atoms with Crippen molar-refractivity contribution in [2.75, 3.05) is 27.2 Å². The summed E-state index contributed by atoms with van der Waals surface area (Å²) >= 11 is 0. The van der Waals surface area contributed by atoms with Gasteiger partial charge in [-0.05, 0) is 25.1 Å². The molecule has 0 saturated carbocycles. The Balaban J connectivity index is 2.49. The summed E-state index contributed by atoms with van der Waals surface area (Å²) in [5.74, 6) is -1.93. The maximum atomic E-state index is 13.9. The predicted octanol–water partition coefficient (Wildman–Crippen LogP) is 0.595. The average molecular weight is 316 g/mol. The molecule has 8 heteroatoms. The van der Waals surface area contributed by atoms with Crippen molar-refractivity contribution in [1.29, 1.82) is 0 Å². The summed E-state index contributed by atoms with van der Waals surface area (Å²) in [4.78, 5) is 11.3. The fourth-order valence-electron chi connectivity index (χ4n) is 2.32. The number of hydrogen-bond acceptors (Lipinski definition) is 5. The average Bonchev–Trinajstić information content (AvgIpc) is 2.99. The SMILES string of the molecule is COC(=O)c1c(F)cccc1S(=O)(=O)N(C)C1CCNC1. The molecule has 1 aliphatic rings. The number of benzene rings is 1. The molecule has 0 aromatic heterocycles. The Labute approximate surface area is 122 Å². The lowest BCUT2D eigenvalue weighted by Gasteiger charge is -2.24. The van der Waals surface area contributed by atoms with Crippen LogP contribution in [0.3, 0.4) is 0 Å². The maximum Gasteiger partial charge on any atom is 0.342 e. The second-order valence-electron chi connectivity index (χ2n) is 4.77. The van der Waals surface area contributed by atoms with Gasteiger partial charge >= 0.3 is 5.97 Å². The lowest BCUT2D eigenvalue weighted by molar-refractivity contribution is 0.0590. The maximum absolute atomic E-state index is 13.9. The van der Waals surface area contributed by atoms with Crippen molar-refractivity contribution in [3.05, 3.63) is 29.6 Å². The molecule has 0 spiro atoms. The number of ether oxygens (including phenoxy) is 1. The molecule has 1 aromatic carbocycles. The van der Waals surface area contributed by atoms with Gasteiger partial charge in [-0.1, -0.05) is 6.07 Å². The van der Waals surface area contributed by atoms with Crippen LogP contribution in [0.1, 0.15) is 16.8 Å². The first-order chi connectivity index (χ1) is 9.89. The van der Waals surface area contributed by atoms with Crippen LogP contribution in [-0.2, 0) is 14.8 Å². The molecule has 21 heavy (non-hydrogen) atoms. The Hall–Kier alpha value is -1.51. The number of esters is 1. The second kappa shape index (κ2) is 6.08. The molecule has 1 unspecified atom stereocenters. The highest BCUT2D eigenvalue weighted by Gasteiger charge is 2.34.